The Morgan fingerprint density at radius 1 is 1.00 bits per heavy atom. The van der Waals surface area contributed by atoms with E-state index in [0.717, 1.165) is 22.1 Å². The fourth-order valence-electron chi connectivity index (χ4n) is 3.45. The molecule has 2 heterocycles. The molecule has 1 N–H and O–H groups in total. The molecule has 0 aliphatic carbocycles. The first-order valence-electron chi connectivity index (χ1n) is 9.89. The number of rotatable bonds is 7. The van der Waals surface area contributed by atoms with E-state index in [2.05, 4.69) is 20.4 Å². The first-order valence-corrected chi connectivity index (χ1v) is 11.3. The lowest BCUT2D eigenvalue weighted by Gasteiger charge is -2.18. The summed E-state index contributed by atoms with van der Waals surface area (Å²) in [5.74, 6) is 1.26. The van der Waals surface area contributed by atoms with Crippen molar-refractivity contribution in [2.75, 3.05) is 18.4 Å². The highest BCUT2D eigenvalue weighted by atomic mass is 32.2. The molecule has 0 radical (unpaired) electrons. The maximum absolute atomic E-state index is 12.6. The van der Waals surface area contributed by atoms with Gasteiger partial charge >= 0.3 is 0 Å². The molecule has 0 unspecified atom stereocenters. The number of sulfonamides is 1. The molecule has 0 saturated carbocycles. The molecule has 30 heavy (non-hydrogen) atoms. The van der Waals surface area contributed by atoms with E-state index in [1.54, 1.807) is 16.6 Å². The van der Waals surface area contributed by atoms with Crippen LogP contribution >= 0.6 is 0 Å². The van der Waals surface area contributed by atoms with Crippen molar-refractivity contribution >= 4 is 32.5 Å². The molecule has 9 heteroatoms. The highest BCUT2D eigenvalue weighted by molar-refractivity contribution is 7.89. The molecule has 0 bridgehead atoms. The molecular formula is C21H24N6O2S. The molecule has 0 atom stereocenters. The molecule has 0 spiro atoms. The van der Waals surface area contributed by atoms with E-state index in [9.17, 15) is 8.42 Å². The van der Waals surface area contributed by atoms with Crippen molar-refractivity contribution in [1.29, 1.82) is 0 Å². The molecule has 0 aliphatic rings. The smallest absolute Gasteiger partial charge is 0.243 e. The second-order valence-electron chi connectivity index (χ2n) is 6.93. The van der Waals surface area contributed by atoms with Crippen molar-refractivity contribution in [3.63, 3.8) is 0 Å². The van der Waals surface area contributed by atoms with Gasteiger partial charge in [-0.15, -0.1) is 5.10 Å². The number of anilines is 1. The quantitative estimate of drug-likeness (QED) is 0.490. The largest absolute Gasteiger partial charge is 0.350 e. The minimum Gasteiger partial charge on any atom is -0.350 e. The van der Waals surface area contributed by atoms with Crippen molar-refractivity contribution < 1.29 is 8.42 Å². The monoisotopic (exact) mass is 424 g/mol. The standard InChI is InChI=1S/C21H24N6O2S/c1-4-26(5-2)30(28,29)17-12-10-16(11-13-17)14-22-21-24-19-9-7-6-8-18(19)20-23-15(3)25-27(20)21/h6-13H,4-5,14H2,1-3H3,(H,22,24). The van der Waals surface area contributed by atoms with Crippen LogP contribution in [0.3, 0.4) is 0 Å². The second kappa shape index (κ2) is 8.00. The van der Waals surface area contributed by atoms with Gasteiger partial charge in [0, 0.05) is 25.0 Å². The van der Waals surface area contributed by atoms with Crippen LogP contribution in [0.5, 0.6) is 0 Å². The minimum atomic E-state index is -3.46. The van der Waals surface area contributed by atoms with Gasteiger partial charge in [0.15, 0.2) is 5.65 Å². The Bertz CT molecular complexity index is 1290. The summed E-state index contributed by atoms with van der Waals surface area (Å²) in [5, 5.41) is 8.70. The van der Waals surface area contributed by atoms with E-state index in [1.807, 2.05) is 57.2 Å². The summed E-state index contributed by atoms with van der Waals surface area (Å²) in [6.45, 7) is 6.89. The van der Waals surface area contributed by atoms with Gasteiger partial charge < -0.3 is 5.32 Å². The van der Waals surface area contributed by atoms with Gasteiger partial charge in [-0.25, -0.2) is 18.4 Å². The number of hydrogen-bond acceptors (Lipinski definition) is 6. The zero-order valence-electron chi connectivity index (χ0n) is 17.2. The number of aryl methyl sites for hydroxylation is 1. The predicted octanol–water partition coefficient (Wildman–Crippen LogP) is 3.23. The number of fused-ring (bicyclic) bond motifs is 3. The summed E-state index contributed by atoms with van der Waals surface area (Å²) >= 11 is 0. The second-order valence-corrected chi connectivity index (χ2v) is 8.87. The molecule has 0 aliphatic heterocycles. The summed E-state index contributed by atoms with van der Waals surface area (Å²) < 4.78 is 28.4. The van der Waals surface area contributed by atoms with Crippen LogP contribution in [-0.4, -0.2) is 45.4 Å². The number of hydrogen-bond donors (Lipinski definition) is 1. The zero-order chi connectivity index (χ0) is 21.3. The lowest BCUT2D eigenvalue weighted by atomic mass is 10.2. The van der Waals surface area contributed by atoms with Crippen molar-refractivity contribution in [1.82, 2.24) is 23.9 Å². The summed E-state index contributed by atoms with van der Waals surface area (Å²) in [6.07, 6.45) is 0. The Morgan fingerprint density at radius 3 is 2.40 bits per heavy atom. The van der Waals surface area contributed by atoms with Crippen molar-refractivity contribution in [3.05, 3.63) is 59.9 Å². The first-order chi connectivity index (χ1) is 14.4. The van der Waals surface area contributed by atoms with Crippen LogP contribution in [0.1, 0.15) is 25.2 Å². The molecule has 4 aromatic rings. The van der Waals surface area contributed by atoms with Crippen LogP contribution in [0.4, 0.5) is 5.95 Å². The number of aromatic nitrogens is 4. The number of nitrogens with one attached hydrogen (secondary N) is 1. The van der Waals surface area contributed by atoms with E-state index in [-0.39, 0.29) is 0 Å². The Balaban J connectivity index is 1.60. The summed E-state index contributed by atoms with van der Waals surface area (Å²) in [6, 6.07) is 14.7. The van der Waals surface area contributed by atoms with Gasteiger partial charge in [-0.2, -0.15) is 8.82 Å². The van der Waals surface area contributed by atoms with Gasteiger partial charge in [-0.1, -0.05) is 38.1 Å². The summed E-state index contributed by atoms with van der Waals surface area (Å²) in [4.78, 5) is 9.51. The highest BCUT2D eigenvalue weighted by Crippen LogP contribution is 2.21. The average molecular weight is 425 g/mol. The van der Waals surface area contributed by atoms with Crippen LogP contribution in [0.2, 0.25) is 0 Å². The maximum atomic E-state index is 12.6. The Morgan fingerprint density at radius 2 is 1.70 bits per heavy atom. The SMILES string of the molecule is CCN(CC)S(=O)(=O)c1ccc(CNc2nc3ccccc3c3nc(C)nn23)cc1. The minimum absolute atomic E-state index is 0.299. The molecule has 8 nitrogen and oxygen atoms in total. The molecule has 0 saturated heterocycles. The molecular weight excluding hydrogens is 400 g/mol. The first kappa shape index (κ1) is 20.2. The van der Waals surface area contributed by atoms with E-state index in [0.29, 0.717) is 36.3 Å². The van der Waals surface area contributed by atoms with Crippen LogP contribution in [-0.2, 0) is 16.6 Å². The normalized spacial score (nSPS) is 12.1. The number of para-hydroxylation sites is 1. The van der Waals surface area contributed by atoms with Crippen molar-refractivity contribution in [3.8, 4) is 0 Å². The lowest BCUT2D eigenvalue weighted by Crippen LogP contribution is -2.30. The predicted molar refractivity (Wildman–Crippen MR) is 117 cm³/mol. The zero-order valence-corrected chi connectivity index (χ0v) is 18.0. The number of nitrogens with zero attached hydrogens (tertiary/aromatic N) is 5. The molecule has 2 aromatic carbocycles. The Kier molecular flexibility index (Phi) is 5.40. The Hall–Kier alpha value is -3.04. The highest BCUT2D eigenvalue weighted by Gasteiger charge is 2.21. The fraction of sp³-hybridized carbons (Fsp3) is 0.286. The number of benzene rings is 2. The van der Waals surface area contributed by atoms with Crippen LogP contribution in [0, 0.1) is 6.92 Å². The molecule has 0 amide bonds. The summed E-state index contributed by atoms with van der Waals surface area (Å²) in [5.41, 5.74) is 2.52. The van der Waals surface area contributed by atoms with Crippen molar-refractivity contribution in [2.24, 2.45) is 0 Å². The molecule has 0 fully saturated rings. The third kappa shape index (κ3) is 3.61. The molecule has 2 aromatic heterocycles. The topological polar surface area (TPSA) is 92.5 Å². The van der Waals surface area contributed by atoms with Gasteiger partial charge in [0.1, 0.15) is 5.82 Å². The van der Waals surface area contributed by atoms with E-state index >= 15 is 0 Å². The third-order valence-electron chi connectivity index (χ3n) is 5.00. The van der Waals surface area contributed by atoms with E-state index in [4.69, 9.17) is 0 Å². The van der Waals surface area contributed by atoms with Gasteiger partial charge in [0.05, 0.1) is 10.4 Å². The van der Waals surface area contributed by atoms with E-state index in [1.165, 1.54) is 4.31 Å². The summed E-state index contributed by atoms with van der Waals surface area (Å²) in [7, 11) is -3.46. The van der Waals surface area contributed by atoms with Gasteiger partial charge in [0.2, 0.25) is 16.0 Å². The Labute approximate surface area is 175 Å². The van der Waals surface area contributed by atoms with Gasteiger partial charge in [-0.05, 0) is 36.8 Å². The third-order valence-corrected chi connectivity index (χ3v) is 7.07. The average Bonchev–Trinajstić information content (AvgIpc) is 3.15. The van der Waals surface area contributed by atoms with Crippen LogP contribution in [0.15, 0.2) is 53.4 Å². The maximum Gasteiger partial charge on any atom is 0.243 e. The van der Waals surface area contributed by atoms with Gasteiger partial charge in [-0.3, -0.25) is 0 Å². The molecule has 4 rings (SSSR count). The van der Waals surface area contributed by atoms with Gasteiger partial charge in [0.25, 0.3) is 0 Å². The van der Waals surface area contributed by atoms with Crippen LogP contribution < -0.4 is 5.32 Å². The van der Waals surface area contributed by atoms with E-state index < -0.39 is 10.0 Å². The molecule has 156 valence electrons. The fourth-order valence-corrected chi connectivity index (χ4v) is 4.90. The van der Waals surface area contributed by atoms with Crippen molar-refractivity contribution in [2.45, 2.75) is 32.2 Å². The van der Waals surface area contributed by atoms with Crippen LogP contribution in [0.25, 0.3) is 16.6 Å². The lowest BCUT2D eigenvalue weighted by molar-refractivity contribution is 0.445.